The van der Waals surface area contributed by atoms with Crippen molar-refractivity contribution in [2.24, 2.45) is 5.92 Å². The van der Waals surface area contributed by atoms with E-state index in [2.05, 4.69) is 38.3 Å². The lowest BCUT2D eigenvalue weighted by atomic mass is 9.83. The summed E-state index contributed by atoms with van der Waals surface area (Å²) in [6.07, 6.45) is 11.2. The van der Waals surface area contributed by atoms with Gasteiger partial charge in [-0.15, -0.1) is 0 Å². The largest absolute Gasteiger partial charge is 0.493 e. The Kier molecular flexibility index (Phi) is 8.12. The third kappa shape index (κ3) is 5.99. The van der Waals surface area contributed by atoms with Crippen LogP contribution in [0.4, 0.5) is 5.82 Å². The average Bonchev–Trinajstić information content (AvgIpc) is 3.47. The molecule has 1 aromatic heterocycles. The molecule has 0 unspecified atom stereocenters. The number of pyridine rings is 1. The summed E-state index contributed by atoms with van der Waals surface area (Å²) < 4.78 is 11.2. The van der Waals surface area contributed by atoms with E-state index in [1.807, 2.05) is 12.1 Å². The van der Waals surface area contributed by atoms with Crippen molar-refractivity contribution in [3.63, 3.8) is 0 Å². The number of nitrogens with one attached hydrogen (secondary N) is 1. The maximum Gasteiger partial charge on any atom is 0.253 e. The fraction of sp³-hybridized carbons (Fsp3) is 0.613. The fourth-order valence-corrected chi connectivity index (χ4v) is 6.83. The van der Waals surface area contributed by atoms with Gasteiger partial charge in [0.05, 0.1) is 25.4 Å². The van der Waals surface area contributed by atoms with Gasteiger partial charge >= 0.3 is 0 Å². The highest BCUT2D eigenvalue weighted by atomic mass is 16.5. The Balaban J connectivity index is 0.898. The number of piperidine rings is 1. The van der Waals surface area contributed by atoms with Gasteiger partial charge in [0.1, 0.15) is 11.6 Å². The number of anilines is 1. The molecule has 1 amide bonds. The highest BCUT2D eigenvalue weighted by Crippen LogP contribution is 2.37. The summed E-state index contributed by atoms with van der Waals surface area (Å²) in [6, 6.07) is 10.8. The molecule has 0 bridgehead atoms. The zero-order valence-electron chi connectivity index (χ0n) is 22.6. The Bertz CT molecular complexity index is 1070. The van der Waals surface area contributed by atoms with Crippen LogP contribution in [0.1, 0.15) is 72.3 Å². The summed E-state index contributed by atoms with van der Waals surface area (Å²) in [5.41, 5.74) is 3.67. The van der Waals surface area contributed by atoms with Gasteiger partial charge in [0.2, 0.25) is 0 Å². The van der Waals surface area contributed by atoms with Gasteiger partial charge < -0.3 is 24.6 Å². The van der Waals surface area contributed by atoms with Crippen molar-refractivity contribution in [3.8, 4) is 5.75 Å². The number of fused-ring (bicyclic) bond motifs is 1. The minimum atomic E-state index is 0.00738. The van der Waals surface area contributed by atoms with E-state index < -0.39 is 0 Å². The molecular weight excluding hydrogens is 476 g/mol. The molecule has 1 aliphatic carbocycles. The first-order chi connectivity index (χ1) is 18.7. The second-order valence-corrected chi connectivity index (χ2v) is 11.5. The first-order valence-corrected chi connectivity index (χ1v) is 14.8. The molecule has 0 atom stereocenters. The number of aromatic nitrogens is 1. The number of benzene rings is 1. The zero-order valence-corrected chi connectivity index (χ0v) is 22.6. The summed E-state index contributed by atoms with van der Waals surface area (Å²) in [6.45, 7) is 7.64. The number of morpholine rings is 1. The summed E-state index contributed by atoms with van der Waals surface area (Å²) in [5, 5.41) is 3.27. The lowest BCUT2D eigenvalue weighted by Gasteiger charge is -2.35. The van der Waals surface area contributed by atoms with Crippen molar-refractivity contribution < 1.29 is 14.3 Å². The van der Waals surface area contributed by atoms with Gasteiger partial charge in [-0.25, -0.2) is 4.98 Å². The van der Waals surface area contributed by atoms with Gasteiger partial charge in [-0.3, -0.25) is 4.79 Å². The van der Waals surface area contributed by atoms with Crippen molar-refractivity contribution in [1.82, 2.24) is 15.2 Å². The van der Waals surface area contributed by atoms with E-state index in [0.29, 0.717) is 11.5 Å². The van der Waals surface area contributed by atoms with Crippen LogP contribution in [0.2, 0.25) is 0 Å². The van der Waals surface area contributed by atoms with Crippen LogP contribution in [0.5, 0.6) is 5.75 Å². The average molecular weight is 519 g/mol. The third-order valence-electron chi connectivity index (χ3n) is 9.19. The van der Waals surface area contributed by atoms with E-state index in [1.54, 1.807) is 11.8 Å². The molecule has 4 heterocycles. The molecule has 1 saturated carbocycles. The van der Waals surface area contributed by atoms with Crippen LogP contribution in [0.3, 0.4) is 0 Å². The van der Waals surface area contributed by atoms with Gasteiger partial charge in [-0.2, -0.15) is 0 Å². The quantitative estimate of drug-likeness (QED) is 0.586. The standard InChI is InChI=1S/C31H42N4O3/c36-31(25-6-9-30(32-22-25)35-17-20-37-21-18-35)33-26-7-4-23(5-8-26)10-14-34-15-11-24(12-16-34)27-2-1-3-29-28(27)13-19-38-29/h1-3,6,9,22-24,26H,4-5,7-8,10-21H2,(H,33,36). The van der Waals surface area contributed by atoms with Gasteiger partial charge in [0, 0.05) is 37.3 Å². The molecule has 3 aliphatic heterocycles. The molecular formula is C31H42N4O3. The molecule has 38 heavy (non-hydrogen) atoms. The molecule has 204 valence electrons. The van der Waals surface area contributed by atoms with Crippen LogP contribution in [0.25, 0.3) is 0 Å². The van der Waals surface area contributed by atoms with E-state index in [1.165, 1.54) is 57.3 Å². The first-order valence-electron chi connectivity index (χ1n) is 14.8. The molecule has 0 spiro atoms. The summed E-state index contributed by atoms with van der Waals surface area (Å²) in [4.78, 5) is 22.2. The van der Waals surface area contributed by atoms with Crippen LogP contribution in [-0.2, 0) is 11.2 Å². The van der Waals surface area contributed by atoms with Gasteiger partial charge in [0.15, 0.2) is 0 Å². The molecule has 0 radical (unpaired) electrons. The van der Waals surface area contributed by atoms with Crippen molar-refractivity contribution in [2.45, 2.75) is 63.3 Å². The topological polar surface area (TPSA) is 66.9 Å². The smallest absolute Gasteiger partial charge is 0.253 e. The lowest BCUT2D eigenvalue weighted by molar-refractivity contribution is 0.0918. The number of ether oxygens (including phenoxy) is 2. The Morgan fingerprint density at radius 2 is 1.76 bits per heavy atom. The minimum Gasteiger partial charge on any atom is -0.493 e. The Morgan fingerprint density at radius 3 is 2.53 bits per heavy atom. The Labute approximate surface area is 226 Å². The predicted octanol–water partition coefficient (Wildman–Crippen LogP) is 4.41. The number of carbonyl (C=O) groups is 1. The van der Waals surface area contributed by atoms with Crippen LogP contribution >= 0.6 is 0 Å². The maximum absolute atomic E-state index is 12.8. The van der Waals surface area contributed by atoms with Gasteiger partial charge in [0.25, 0.3) is 5.91 Å². The van der Waals surface area contributed by atoms with Crippen molar-refractivity contribution in [2.75, 3.05) is 57.4 Å². The molecule has 7 heteroatoms. The summed E-state index contributed by atoms with van der Waals surface area (Å²) in [5.74, 6) is 3.52. The molecule has 2 saturated heterocycles. The molecule has 3 fully saturated rings. The fourth-order valence-electron chi connectivity index (χ4n) is 6.83. The number of nitrogens with zero attached hydrogens (tertiary/aromatic N) is 3. The number of hydrogen-bond acceptors (Lipinski definition) is 6. The summed E-state index contributed by atoms with van der Waals surface area (Å²) >= 11 is 0. The second-order valence-electron chi connectivity index (χ2n) is 11.5. The van der Waals surface area contributed by atoms with Crippen molar-refractivity contribution >= 4 is 11.7 Å². The van der Waals surface area contributed by atoms with E-state index in [4.69, 9.17) is 9.47 Å². The molecule has 1 aromatic carbocycles. The minimum absolute atomic E-state index is 0.00738. The normalized spacial score (nSPS) is 24.6. The summed E-state index contributed by atoms with van der Waals surface area (Å²) in [7, 11) is 0. The highest BCUT2D eigenvalue weighted by Gasteiger charge is 2.27. The number of hydrogen-bond donors (Lipinski definition) is 1. The van der Waals surface area contributed by atoms with E-state index in [9.17, 15) is 4.79 Å². The van der Waals surface area contributed by atoms with Crippen LogP contribution in [0, 0.1) is 5.92 Å². The Morgan fingerprint density at radius 1 is 0.947 bits per heavy atom. The SMILES string of the molecule is O=C(NC1CCC(CCN2CCC(c3cccc4c3CCO4)CC2)CC1)c1ccc(N2CCOCC2)nc1. The first kappa shape index (κ1) is 25.6. The maximum atomic E-state index is 12.8. The van der Waals surface area contributed by atoms with Crippen molar-refractivity contribution in [1.29, 1.82) is 0 Å². The van der Waals surface area contributed by atoms with E-state index in [0.717, 1.165) is 69.7 Å². The zero-order chi connectivity index (χ0) is 25.7. The van der Waals surface area contributed by atoms with Crippen LogP contribution in [0.15, 0.2) is 36.5 Å². The molecule has 7 nitrogen and oxygen atoms in total. The second kappa shape index (κ2) is 12.0. The van der Waals surface area contributed by atoms with E-state index in [-0.39, 0.29) is 11.9 Å². The third-order valence-corrected chi connectivity index (χ3v) is 9.19. The van der Waals surface area contributed by atoms with Crippen molar-refractivity contribution in [3.05, 3.63) is 53.2 Å². The van der Waals surface area contributed by atoms with Gasteiger partial charge in [-0.1, -0.05) is 12.1 Å². The predicted molar refractivity (Wildman–Crippen MR) is 149 cm³/mol. The molecule has 2 aromatic rings. The van der Waals surface area contributed by atoms with Crippen LogP contribution < -0.4 is 15.0 Å². The van der Waals surface area contributed by atoms with Gasteiger partial charge in [-0.05, 0) is 100 Å². The van der Waals surface area contributed by atoms with E-state index >= 15 is 0 Å². The number of likely N-dealkylation sites (tertiary alicyclic amines) is 1. The Hall–Kier alpha value is -2.64. The van der Waals surface area contributed by atoms with Crippen LogP contribution in [-0.4, -0.2) is 74.4 Å². The number of carbonyl (C=O) groups excluding carboxylic acids is 1. The molecule has 1 N–H and O–H groups in total. The number of rotatable bonds is 7. The highest BCUT2D eigenvalue weighted by molar-refractivity contribution is 5.94. The lowest BCUT2D eigenvalue weighted by Crippen LogP contribution is -2.39. The molecule has 4 aliphatic rings. The monoisotopic (exact) mass is 518 g/mol. The number of amides is 1. The molecule has 6 rings (SSSR count).